The Hall–Kier alpha value is -1.43. The first-order chi connectivity index (χ1) is 7.86. The molecule has 0 saturated heterocycles. The van der Waals surface area contributed by atoms with Crippen molar-refractivity contribution in [2.24, 2.45) is 0 Å². The number of rotatable bonds is 4. The van der Waals surface area contributed by atoms with E-state index in [1.54, 1.807) is 19.1 Å². The minimum Gasteiger partial charge on any atom is -0.468 e. The van der Waals surface area contributed by atoms with E-state index in [2.05, 4.69) is 20.7 Å². The van der Waals surface area contributed by atoms with Gasteiger partial charge in [0.2, 0.25) is 0 Å². The average Bonchev–Trinajstić information content (AvgIpc) is 2.27. The van der Waals surface area contributed by atoms with Crippen molar-refractivity contribution in [1.29, 1.82) is 0 Å². The fourth-order valence-electron chi connectivity index (χ4n) is 1.45. The van der Waals surface area contributed by atoms with Crippen LogP contribution in [0.2, 0.25) is 0 Å². The van der Waals surface area contributed by atoms with Crippen LogP contribution in [0.15, 0.2) is 24.3 Å². The molecule has 0 aliphatic carbocycles. The number of benzene rings is 1. The van der Waals surface area contributed by atoms with Crippen LogP contribution in [0.25, 0.3) is 0 Å². The van der Waals surface area contributed by atoms with Crippen LogP contribution in [0.1, 0.15) is 12.5 Å². The second kappa shape index (κ2) is 5.27. The Morgan fingerprint density at radius 1 is 1.59 bits per heavy atom. The maximum atomic E-state index is 11.5. The van der Waals surface area contributed by atoms with Crippen molar-refractivity contribution >= 4 is 27.6 Å². The summed E-state index contributed by atoms with van der Waals surface area (Å²) in [5.41, 5.74) is 0.708. The van der Waals surface area contributed by atoms with Crippen molar-refractivity contribution in [3.8, 4) is 0 Å². The van der Waals surface area contributed by atoms with Crippen LogP contribution in [-0.2, 0) is 16.0 Å². The van der Waals surface area contributed by atoms with Gasteiger partial charge in [-0.25, -0.2) is 0 Å². The lowest BCUT2D eigenvalue weighted by Crippen LogP contribution is -2.31. The van der Waals surface area contributed by atoms with Crippen LogP contribution in [0.3, 0.4) is 0 Å². The van der Waals surface area contributed by atoms with Gasteiger partial charge < -0.3 is 4.74 Å². The van der Waals surface area contributed by atoms with Crippen LogP contribution in [-0.4, -0.2) is 22.3 Å². The molecule has 5 nitrogen and oxygen atoms in total. The van der Waals surface area contributed by atoms with Crippen LogP contribution in [0.5, 0.6) is 0 Å². The lowest BCUT2D eigenvalue weighted by molar-refractivity contribution is -0.384. The van der Waals surface area contributed by atoms with Gasteiger partial charge in [-0.3, -0.25) is 14.9 Å². The maximum Gasteiger partial charge on any atom is 0.322 e. The van der Waals surface area contributed by atoms with Gasteiger partial charge in [0.05, 0.1) is 12.0 Å². The number of nitrogens with zero attached hydrogens (tertiary/aromatic N) is 1. The van der Waals surface area contributed by atoms with Gasteiger partial charge in [-0.2, -0.15) is 0 Å². The molecule has 92 valence electrons. The number of halogens is 1. The van der Waals surface area contributed by atoms with Crippen molar-refractivity contribution in [3.63, 3.8) is 0 Å². The summed E-state index contributed by atoms with van der Waals surface area (Å²) in [5, 5.41) is 10.6. The number of carbonyl (C=O) groups excluding carboxylic acids is 1. The molecule has 0 aromatic heterocycles. The Kier molecular flexibility index (Phi) is 4.22. The molecule has 0 N–H and O–H groups in total. The molecule has 0 aliphatic heterocycles. The highest BCUT2D eigenvalue weighted by molar-refractivity contribution is 9.10. The van der Waals surface area contributed by atoms with E-state index in [4.69, 9.17) is 0 Å². The van der Waals surface area contributed by atoms with Gasteiger partial charge in [0.1, 0.15) is 4.32 Å². The lowest BCUT2D eigenvalue weighted by Gasteiger charge is -2.19. The van der Waals surface area contributed by atoms with Gasteiger partial charge >= 0.3 is 5.97 Å². The van der Waals surface area contributed by atoms with E-state index >= 15 is 0 Å². The summed E-state index contributed by atoms with van der Waals surface area (Å²) < 4.78 is 3.77. The minimum absolute atomic E-state index is 0.00988. The van der Waals surface area contributed by atoms with Gasteiger partial charge in [0.25, 0.3) is 5.69 Å². The zero-order valence-electron chi connectivity index (χ0n) is 9.47. The Labute approximate surface area is 107 Å². The standard InChI is InChI=1S/C11H12BrNO4/c1-11(12,10(14)17-2)7-8-4-3-5-9(6-8)13(15)16/h3-6H,7H2,1-2H3/t11-/m0/s1. The molecular formula is C11H12BrNO4. The fraction of sp³-hybridized carbons (Fsp3) is 0.364. The monoisotopic (exact) mass is 301 g/mol. The second-order valence-electron chi connectivity index (χ2n) is 3.79. The average molecular weight is 302 g/mol. The predicted molar refractivity (Wildman–Crippen MR) is 66.1 cm³/mol. The topological polar surface area (TPSA) is 69.4 Å². The van der Waals surface area contributed by atoms with Crippen LogP contribution in [0.4, 0.5) is 5.69 Å². The molecule has 0 bridgehead atoms. The fourth-order valence-corrected chi connectivity index (χ4v) is 1.93. The van der Waals surface area contributed by atoms with Crippen LogP contribution in [0, 0.1) is 10.1 Å². The molecule has 1 aromatic rings. The van der Waals surface area contributed by atoms with Gasteiger partial charge in [0.15, 0.2) is 0 Å². The molecular weight excluding hydrogens is 290 g/mol. The van der Waals surface area contributed by atoms with Crippen molar-refractivity contribution in [2.45, 2.75) is 17.7 Å². The predicted octanol–water partition coefficient (Wildman–Crippen LogP) is 2.46. The van der Waals surface area contributed by atoms with E-state index in [0.717, 1.165) is 0 Å². The van der Waals surface area contributed by atoms with E-state index in [0.29, 0.717) is 12.0 Å². The number of methoxy groups -OCH3 is 1. The third-order valence-electron chi connectivity index (χ3n) is 2.27. The van der Waals surface area contributed by atoms with Crippen LogP contribution >= 0.6 is 15.9 Å². The number of nitro benzene ring substituents is 1. The summed E-state index contributed by atoms with van der Waals surface area (Å²) in [5.74, 6) is -0.413. The Morgan fingerprint density at radius 3 is 2.76 bits per heavy atom. The van der Waals surface area contributed by atoms with Crippen LogP contribution < -0.4 is 0 Å². The first kappa shape index (κ1) is 13.6. The highest BCUT2D eigenvalue weighted by atomic mass is 79.9. The summed E-state index contributed by atoms with van der Waals surface area (Å²) >= 11 is 3.26. The minimum atomic E-state index is -0.878. The molecule has 17 heavy (non-hydrogen) atoms. The number of ether oxygens (including phenoxy) is 1. The number of hydrogen-bond acceptors (Lipinski definition) is 4. The van der Waals surface area contributed by atoms with Gasteiger partial charge in [-0.05, 0) is 18.9 Å². The highest BCUT2D eigenvalue weighted by Gasteiger charge is 2.31. The van der Waals surface area contributed by atoms with Crippen molar-refractivity contribution in [2.75, 3.05) is 7.11 Å². The molecule has 0 heterocycles. The molecule has 1 aromatic carbocycles. The molecule has 0 radical (unpaired) electrons. The van der Waals surface area contributed by atoms with E-state index in [-0.39, 0.29) is 5.69 Å². The summed E-state index contributed by atoms with van der Waals surface area (Å²) in [6, 6.07) is 6.18. The molecule has 1 rings (SSSR count). The highest BCUT2D eigenvalue weighted by Crippen LogP contribution is 2.26. The third-order valence-corrected chi connectivity index (χ3v) is 2.87. The molecule has 0 unspecified atom stereocenters. The first-order valence-corrected chi connectivity index (χ1v) is 5.67. The second-order valence-corrected chi connectivity index (χ2v) is 5.54. The summed E-state index contributed by atoms with van der Waals surface area (Å²) in [7, 11) is 1.30. The van der Waals surface area contributed by atoms with E-state index < -0.39 is 15.2 Å². The number of nitro groups is 1. The van der Waals surface area contributed by atoms with Crippen molar-refractivity contribution < 1.29 is 14.5 Å². The Bertz CT molecular complexity index is 445. The first-order valence-electron chi connectivity index (χ1n) is 4.87. The largest absolute Gasteiger partial charge is 0.468 e. The van der Waals surface area contributed by atoms with E-state index in [1.165, 1.54) is 19.2 Å². The molecule has 0 saturated carbocycles. The van der Waals surface area contributed by atoms with Crippen molar-refractivity contribution in [1.82, 2.24) is 0 Å². The zero-order valence-corrected chi connectivity index (χ0v) is 11.1. The third kappa shape index (κ3) is 3.52. The molecule has 0 spiro atoms. The van der Waals surface area contributed by atoms with Gasteiger partial charge in [-0.1, -0.05) is 28.1 Å². The molecule has 1 atom stereocenters. The number of carbonyl (C=O) groups is 1. The molecule has 0 aliphatic rings. The van der Waals surface area contributed by atoms with Gasteiger partial charge in [0, 0.05) is 12.1 Å². The Morgan fingerprint density at radius 2 is 2.24 bits per heavy atom. The summed E-state index contributed by atoms with van der Waals surface area (Å²) in [6.07, 6.45) is 0.321. The summed E-state index contributed by atoms with van der Waals surface area (Å²) in [4.78, 5) is 21.6. The quantitative estimate of drug-likeness (QED) is 0.371. The number of alkyl halides is 1. The van der Waals surface area contributed by atoms with Gasteiger partial charge in [-0.15, -0.1) is 0 Å². The zero-order chi connectivity index (χ0) is 13.1. The smallest absolute Gasteiger partial charge is 0.322 e. The maximum absolute atomic E-state index is 11.5. The van der Waals surface area contributed by atoms with E-state index in [1.807, 2.05) is 0 Å². The number of esters is 1. The molecule has 0 amide bonds. The normalized spacial score (nSPS) is 13.8. The lowest BCUT2D eigenvalue weighted by atomic mass is 10.0. The van der Waals surface area contributed by atoms with E-state index in [9.17, 15) is 14.9 Å². The van der Waals surface area contributed by atoms with Crippen molar-refractivity contribution in [3.05, 3.63) is 39.9 Å². The SMILES string of the molecule is COC(=O)[C@@](C)(Br)Cc1cccc([N+](=O)[O-])c1. The molecule has 0 fully saturated rings. The number of non-ortho nitro benzene ring substituents is 1. The Balaban J connectivity index is 2.92. The molecule has 6 heteroatoms. The summed E-state index contributed by atoms with van der Waals surface area (Å²) in [6.45, 7) is 1.66. The number of hydrogen-bond donors (Lipinski definition) is 0.